The van der Waals surface area contributed by atoms with Crippen molar-refractivity contribution < 1.29 is 29.9 Å². The van der Waals surface area contributed by atoms with Gasteiger partial charge in [0, 0.05) is 10.4 Å². The Bertz CT molecular complexity index is 99.2. The Morgan fingerprint density at radius 3 is 1.12 bits per heavy atom. The van der Waals surface area contributed by atoms with Gasteiger partial charge in [-0.1, -0.05) is 0 Å². The maximum Gasteiger partial charge on any atom is 3.00 e. The maximum atomic E-state index is 8.52. The Balaban J connectivity index is -0.0000000267. The third-order valence-electron chi connectivity index (χ3n) is 0. The van der Waals surface area contributed by atoms with Gasteiger partial charge < -0.3 is 21.5 Å². The van der Waals surface area contributed by atoms with Crippen molar-refractivity contribution in [3.63, 3.8) is 0 Å². The molecule has 8 heteroatoms. The Morgan fingerprint density at radius 1 is 1.12 bits per heavy atom. The van der Waals surface area contributed by atoms with Crippen molar-refractivity contribution in [3.8, 4) is 0 Å². The van der Waals surface area contributed by atoms with Gasteiger partial charge in [0.15, 0.2) is 0 Å². The molecule has 0 saturated heterocycles. The molecule has 0 fully saturated rings. The van der Waals surface area contributed by atoms with Crippen LogP contribution in [0.15, 0.2) is 0 Å². The molecule has 0 aromatic rings. The van der Waals surface area contributed by atoms with Gasteiger partial charge in [-0.2, -0.15) is 0 Å². The maximum absolute atomic E-state index is 8.52. The summed E-state index contributed by atoms with van der Waals surface area (Å²) in [5.41, 5.74) is 0. The van der Waals surface area contributed by atoms with Crippen LogP contribution in [-0.4, -0.2) is 57.9 Å². The van der Waals surface area contributed by atoms with E-state index in [1.165, 1.54) is 0 Å². The minimum atomic E-state index is -5.17. The fourth-order valence-electron chi connectivity index (χ4n) is 0. The smallest absolute Gasteiger partial charge is 1.00 e. The molecule has 0 N–H and O–H groups in total. The van der Waals surface area contributed by atoms with Crippen LogP contribution in [0.5, 0.6) is 0 Å². The summed E-state index contributed by atoms with van der Waals surface area (Å²) < 4.78 is 34.1. The predicted octanol–water partition coefficient (Wildman–Crippen LogP) is -5.10. The molecule has 0 spiro atoms. The molecule has 0 aliphatic carbocycles. The van der Waals surface area contributed by atoms with Crippen molar-refractivity contribution in [2.24, 2.45) is 0 Å². The number of halogens is 1. The van der Waals surface area contributed by atoms with E-state index < -0.39 is 10.4 Å². The SMILES string of the molecule is O=S(=O)([O-])[O-].[Al+3].[Cl-].[Mg+2]. The van der Waals surface area contributed by atoms with Crippen molar-refractivity contribution in [1.29, 1.82) is 0 Å². The molecule has 0 amide bonds. The molecule has 0 aliphatic heterocycles. The molecule has 0 unspecified atom stereocenters. The summed E-state index contributed by atoms with van der Waals surface area (Å²) in [5.74, 6) is 0. The third-order valence-corrected chi connectivity index (χ3v) is 0. The summed E-state index contributed by atoms with van der Waals surface area (Å²) >= 11 is 0. The average Bonchev–Trinajstić information content (AvgIpc) is 0.722. The molecule has 0 aliphatic rings. The van der Waals surface area contributed by atoms with Crippen LogP contribution in [0.2, 0.25) is 0 Å². The van der Waals surface area contributed by atoms with E-state index in [1.54, 1.807) is 0 Å². The van der Waals surface area contributed by atoms with E-state index in [-0.39, 0.29) is 52.8 Å². The van der Waals surface area contributed by atoms with E-state index in [9.17, 15) is 0 Å². The average molecular weight is 183 g/mol. The predicted molar refractivity (Wildman–Crippen MR) is 22.0 cm³/mol. The second-order valence-corrected chi connectivity index (χ2v) is 1.22. The van der Waals surface area contributed by atoms with Crippen LogP contribution in [0, 0.1) is 0 Å². The normalized spacial score (nSPS) is 7.25. The van der Waals surface area contributed by atoms with Gasteiger partial charge in [0.2, 0.25) is 0 Å². The van der Waals surface area contributed by atoms with Crippen LogP contribution < -0.4 is 12.4 Å². The molecule has 0 atom stereocenters. The number of hydrogen-bond acceptors (Lipinski definition) is 4. The second-order valence-electron chi connectivity index (χ2n) is 0.408. The van der Waals surface area contributed by atoms with Gasteiger partial charge in [-0.3, -0.25) is 8.42 Å². The summed E-state index contributed by atoms with van der Waals surface area (Å²) in [7, 11) is -5.17. The van der Waals surface area contributed by atoms with E-state index in [0.717, 1.165) is 0 Å². The van der Waals surface area contributed by atoms with Gasteiger partial charge in [0.05, 0.1) is 0 Å². The van der Waals surface area contributed by atoms with E-state index in [0.29, 0.717) is 0 Å². The molecule has 0 aromatic carbocycles. The fourth-order valence-corrected chi connectivity index (χ4v) is 0. The summed E-state index contributed by atoms with van der Waals surface area (Å²) in [6.07, 6.45) is 0. The van der Waals surface area contributed by atoms with Crippen molar-refractivity contribution >= 4 is 50.8 Å². The van der Waals surface area contributed by atoms with Crippen molar-refractivity contribution in [2.45, 2.75) is 0 Å². The minimum absolute atomic E-state index is 0. The van der Waals surface area contributed by atoms with Gasteiger partial charge in [-0.05, 0) is 0 Å². The molecular weight excluding hydrogens is 183 g/mol. The summed E-state index contributed by atoms with van der Waals surface area (Å²) in [4.78, 5) is 0. The Kier molecular flexibility index (Phi) is 24.0. The molecule has 0 bridgehead atoms. The molecule has 8 heavy (non-hydrogen) atoms. The molecule has 0 saturated carbocycles. The molecule has 4 nitrogen and oxygen atoms in total. The Hall–Kier alpha value is 1.46. The molecular formula is AlClMgO4S+2. The Labute approximate surface area is 80.3 Å². The molecule has 0 heterocycles. The zero-order chi connectivity index (χ0) is 4.50. The second kappa shape index (κ2) is 8.46. The van der Waals surface area contributed by atoms with Gasteiger partial charge in [-0.25, -0.2) is 0 Å². The van der Waals surface area contributed by atoms with E-state index >= 15 is 0 Å². The van der Waals surface area contributed by atoms with E-state index in [1.807, 2.05) is 0 Å². The third kappa shape index (κ3) is 146. The zero-order valence-corrected chi connectivity index (χ0v) is 7.85. The van der Waals surface area contributed by atoms with Gasteiger partial charge in [0.25, 0.3) is 0 Å². The Morgan fingerprint density at radius 2 is 1.12 bits per heavy atom. The molecule has 0 aromatic heterocycles. The fraction of sp³-hybridized carbons (Fsp3) is 0. The topological polar surface area (TPSA) is 80.3 Å². The largest absolute Gasteiger partial charge is 3.00 e. The van der Waals surface area contributed by atoms with Gasteiger partial charge >= 0.3 is 40.4 Å². The van der Waals surface area contributed by atoms with Crippen molar-refractivity contribution in [2.75, 3.05) is 0 Å². The van der Waals surface area contributed by atoms with E-state index in [2.05, 4.69) is 0 Å². The summed E-state index contributed by atoms with van der Waals surface area (Å²) in [6, 6.07) is 0. The van der Waals surface area contributed by atoms with E-state index in [4.69, 9.17) is 17.5 Å². The zero-order valence-electron chi connectivity index (χ0n) is 3.70. The van der Waals surface area contributed by atoms with Gasteiger partial charge in [0.1, 0.15) is 0 Å². The summed E-state index contributed by atoms with van der Waals surface area (Å²) in [6.45, 7) is 0. The minimum Gasteiger partial charge on any atom is -1.00 e. The first-order valence-electron chi connectivity index (χ1n) is 0.667. The van der Waals surface area contributed by atoms with Crippen LogP contribution in [-0.2, 0) is 10.4 Å². The molecule has 40 valence electrons. The van der Waals surface area contributed by atoms with Crippen LogP contribution >= 0.6 is 0 Å². The van der Waals surface area contributed by atoms with Crippen molar-refractivity contribution in [3.05, 3.63) is 0 Å². The van der Waals surface area contributed by atoms with Crippen LogP contribution in [0.4, 0.5) is 0 Å². The summed E-state index contributed by atoms with van der Waals surface area (Å²) in [5, 5.41) is 0. The monoisotopic (exact) mass is 182 g/mol. The quantitative estimate of drug-likeness (QED) is 0.213. The first-order valence-corrected chi connectivity index (χ1v) is 2.00. The molecule has 0 radical (unpaired) electrons. The first-order chi connectivity index (χ1) is 2.00. The van der Waals surface area contributed by atoms with Crippen LogP contribution in [0.25, 0.3) is 0 Å². The van der Waals surface area contributed by atoms with Crippen molar-refractivity contribution in [1.82, 2.24) is 0 Å². The van der Waals surface area contributed by atoms with Crippen LogP contribution in [0.1, 0.15) is 0 Å². The van der Waals surface area contributed by atoms with Gasteiger partial charge in [-0.15, -0.1) is 0 Å². The standard InChI is InChI=1S/Al.ClH.Mg.H2O4S/c;;;1-5(2,3)4/h;1H;;(H2,1,2,3,4)/q+3;;+2;/p-3. The number of hydrogen-bond donors (Lipinski definition) is 0. The van der Waals surface area contributed by atoms with Crippen LogP contribution in [0.3, 0.4) is 0 Å². The number of rotatable bonds is 0. The first kappa shape index (κ1) is 22.7. The molecule has 0 rings (SSSR count).